The summed E-state index contributed by atoms with van der Waals surface area (Å²) >= 11 is 1.34. The summed E-state index contributed by atoms with van der Waals surface area (Å²) in [4.78, 5) is 28.4. The lowest BCUT2D eigenvalue weighted by atomic mass is 10.0. The van der Waals surface area contributed by atoms with Gasteiger partial charge in [0.1, 0.15) is 10.8 Å². The quantitative estimate of drug-likeness (QED) is 0.597. The molecule has 8 nitrogen and oxygen atoms in total. The van der Waals surface area contributed by atoms with Crippen LogP contribution in [0.1, 0.15) is 34.1 Å². The minimum Gasteiger partial charge on any atom is -0.497 e. The van der Waals surface area contributed by atoms with Gasteiger partial charge in [-0.2, -0.15) is 0 Å². The SMILES string of the molecule is CCOC(=O)c1c(NC(=O)CCS(=O)(=O)c2ccc(OC)cc2)sc2c1CCN(C)C2. The number of carbonyl (C=O) groups is 2. The van der Waals surface area contributed by atoms with E-state index in [0.717, 1.165) is 17.0 Å². The van der Waals surface area contributed by atoms with E-state index in [9.17, 15) is 18.0 Å². The minimum absolute atomic E-state index is 0.128. The number of likely N-dealkylation sites (N-methyl/N-ethyl adjacent to an activating group) is 1. The van der Waals surface area contributed by atoms with E-state index in [1.807, 2.05) is 7.05 Å². The van der Waals surface area contributed by atoms with Gasteiger partial charge in [0.15, 0.2) is 9.84 Å². The van der Waals surface area contributed by atoms with E-state index < -0.39 is 21.7 Å². The molecule has 2 heterocycles. The Kier molecular flexibility index (Phi) is 7.34. The summed E-state index contributed by atoms with van der Waals surface area (Å²) in [5, 5.41) is 3.16. The standard InChI is InChI=1S/C21H26N2O6S2/c1-4-29-21(25)19-16-9-11-23(2)13-17(16)30-20(19)22-18(24)10-12-31(26,27)15-7-5-14(28-3)6-8-15/h5-8H,4,9-13H2,1-3H3,(H,22,24). The first-order valence-electron chi connectivity index (χ1n) is 9.92. The Labute approximate surface area is 186 Å². The number of carbonyl (C=O) groups excluding carboxylic acids is 2. The van der Waals surface area contributed by atoms with Gasteiger partial charge in [-0.05, 0) is 50.2 Å². The molecule has 0 spiro atoms. The molecular weight excluding hydrogens is 440 g/mol. The molecule has 0 aliphatic carbocycles. The van der Waals surface area contributed by atoms with Crippen LogP contribution in [0, 0.1) is 0 Å². The van der Waals surface area contributed by atoms with Crippen molar-refractivity contribution in [3.8, 4) is 5.75 Å². The van der Waals surface area contributed by atoms with Crippen molar-refractivity contribution in [1.82, 2.24) is 4.90 Å². The lowest BCUT2D eigenvalue weighted by Gasteiger charge is -2.22. The number of rotatable bonds is 8. The summed E-state index contributed by atoms with van der Waals surface area (Å²) in [6.07, 6.45) is 0.470. The molecule has 0 saturated carbocycles. The average molecular weight is 467 g/mol. The van der Waals surface area contributed by atoms with Crippen LogP contribution in [0.5, 0.6) is 5.75 Å². The van der Waals surface area contributed by atoms with Gasteiger partial charge in [0.2, 0.25) is 5.91 Å². The van der Waals surface area contributed by atoms with Gasteiger partial charge < -0.3 is 19.7 Å². The maximum atomic E-state index is 12.5. The summed E-state index contributed by atoms with van der Waals surface area (Å²) in [5.74, 6) is -0.718. The second kappa shape index (κ2) is 9.80. The molecule has 1 N–H and O–H groups in total. The summed E-state index contributed by atoms with van der Waals surface area (Å²) in [6, 6.07) is 6.03. The normalized spacial score (nSPS) is 14.0. The van der Waals surface area contributed by atoms with Crippen LogP contribution in [0.4, 0.5) is 5.00 Å². The number of amides is 1. The number of sulfone groups is 1. The molecule has 1 aliphatic rings. The number of methoxy groups -OCH3 is 1. The van der Waals surface area contributed by atoms with E-state index in [1.165, 1.54) is 30.6 Å². The second-order valence-electron chi connectivity index (χ2n) is 7.21. The van der Waals surface area contributed by atoms with Gasteiger partial charge in [-0.3, -0.25) is 4.79 Å². The number of anilines is 1. The highest BCUT2D eigenvalue weighted by Gasteiger charge is 2.29. The molecule has 1 aromatic carbocycles. The predicted octanol–water partition coefficient (Wildman–Crippen LogP) is 2.72. The summed E-state index contributed by atoms with van der Waals surface area (Å²) < 4.78 is 35.3. The van der Waals surface area contributed by atoms with Crippen molar-refractivity contribution in [2.75, 3.05) is 38.4 Å². The molecule has 1 aromatic heterocycles. The lowest BCUT2D eigenvalue weighted by molar-refractivity contribution is -0.115. The third-order valence-corrected chi connectivity index (χ3v) is 7.86. The smallest absolute Gasteiger partial charge is 0.341 e. The minimum atomic E-state index is -3.63. The van der Waals surface area contributed by atoms with Crippen LogP contribution in [0.15, 0.2) is 29.2 Å². The molecule has 31 heavy (non-hydrogen) atoms. The lowest BCUT2D eigenvalue weighted by Crippen LogP contribution is -2.26. The fourth-order valence-electron chi connectivity index (χ4n) is 3.36. The number of benzene rings is 1. The Morgan fingerprint density at radius 3 is 2.58 bits per heavy atom. The number of hydrogen-bond donors (Lipinski definition) is 1. The number of fused-ring (bicyclic) bond motifs is 1. The molecule has 0 unspecified atom stereocenters. The van der Waals surface area contributed by atoms with E-state index in [2.05, 4.69) is 10.2 Å². The molecule has 0 bridgehead atoms. The maximum absolute atomic E-state index is 12.5. The topological polar surface area (TPSA) is 102 Å². The van der Waals surface area contributed by atoms with Gasteiger partial charge in [-0.25, -0.2) is 13.2 Å². The third kappa shape index (κ3) is 5.44. The molecule has 1 amide bonds. The Balaban J connectivity index is 1.73. The maximum Gasteiger partial charge on any atom is 0.341 e. The number of esters is 1. The highest BCUT2D eigenvalue weighted by atomic mass is 32.2. The van der Waals surface area contributed by atoms with E-state index in [1.54, 1.807) is 19.1 Å². The number of hydrogen-bond acceptors (Lipinski definition) is 8. The van der Waals surface area contributed by atoms with Crippen molar-refractivity contribution in [2.24, 2.45) is 0 Å². The van der Waals surface area contributed by atoms with E-state index in [-0.39, 0.29) is 23.7 Å². The van der Waals surface area contributed by atoms with Gasteiger partial charge >= 0.3 is 5.97 Å². The summed E-state index contributed by atoms with van der Waals surface area (Å²) in [6.45, 7) is 3.46. The van der Waals surface area contributed by atoms with E-state index in [4.69, 9.17) is 9.47 Å². The molecule has 168 valence electrons. The van der Waals surface area contributed by atoms with Crippen LogP contribution in [-0.4, -0.2) is 58.3 Å². The molecule has 0 atom stereocenters. The highest BCUT2D eigenvalue weighted by molar-refractivity contribution is 7.91. The Hall–Kier alpha value is -2.43. The van der Waals surface area contributed by atoms with Crippen LogP contribution in [0.3, 0.4) is 0 Å². The summed E-state index contributed by atoms with van der Waals surface area (Å²) in [5.41, 5.74) is 1.30. The van der Waals surface area contributed by atoms with Crippen molar-refractivity contribution in [2.45, 2.75) is 31.2 Å². The molecular formula is C21H26N2O6S2. The number of nitrogens with one attached hydrogen (secondary N) is 1. The number of ether oxygens (including phenoxy) is 2. The zero-order valence-electron chi connectivity index (χ0n) is 17.8. The molecule has 1 aliphatic heterocycles. The van der Waals surface area contributed by atoms with Crippen molar-refractivity contribution in [1.29, 1.82) is 0 Å². The molecule has 2 aromatic rings. The van der Waals surface area contributed by atoms with Crippen molar-refractivity contribution >= 4 is 38.1 Å². The molecule has 0 saturated heterocycles. The predicted molar refractivity (Wildman–Crippen MR) is 119 cm³/mol. The van der Waals surface area contributed by atoms with E-state index >= 15 is 0 Å². The van der Waals surface area contributed by atoms with Crippen LogP contribution < -0.4 is 10.1 Å². The van der Waals surface area contributed by atoms with Crippen molar-refractivity contribution < 1.29 is 27.5 Å². The average Bonchev–Trinajstić information content (AvgIpc) is 3.09. The van der Waals surface area contributed by atoms with Gasteiger partial charge in [0, 0.05) is 24.4 Å². The van der Waals surface area contributed by atoms with Gasteiger partial charge in [-0.15, -0.1) is 11.3 Å². The number of thiophene rings is 1. The van der Waals surface area contributed by atoms with Crippen molar-refractivity contribution in [3.05, 3.63) is 40.3 Å². The van der Waals surface area contributed by atoms with E-state index in [0.29, 0.717) is 29.3 Å². The second-order valence-corrected chi connectivity index (χ2v) is 10.4. The fourth-order valence-corrected chi connectivity index (χ4v) is 5.93. The van der Waals surface area contributed by atoms with Crippen LogP contribution in [-0.2, 0) is 32.3 Å². The zero-order valence-corrected chi connectivity index (χ0v) is 19.4. The first-order chi connectivity index (χ1) is 14.7. The largest absolute Gasteiger partial charge is 0.497 e. The zero-order chi connectivity index (χ0) is 22.6. The summed E-state index contributed by atoms with van der Waals surface area (Å²) in [7, 11) is -0.135. The molecule has 0 radical (unpaired) electrons. The third-order valence-electron chi connectivity index (χ3n) is 5.00. The molecule has 10 heteroatoms. The molecule has 3 rings (SSSR count). The Bertz CT molecular complexity index is 1060. The fraction of sp³-hybridized carbons (Fsp3) is 0.429. The van der Waals surface area contributed by atoms with Gasteiger partial charge in [0.05, 0.1) is 29.9 Å². The van der Waals surface area contributed by atoms with Crippen LogP contribution >= 0.6 is 11.3 Å². The monoisotopic (exact) mass is 466 g/mol. The van der Waals surface area contributed by atoms with Crippen LogP contribution in [0.25, 0.3) is 0 Å². The van der Waals surface area contributed by atoms with Gasteiger partial charge in [0.25, 0.3) is 0 Å². The van der Waals surface area contributed by atoms with Crippen molar-refractivity contribution in [3.63, 3.8) is 0 Å². The van der Waals surface area contributed by atoms with Crippen LogP contribution in [0.2, 0.25) is 0 Å². The Morgan fingerprint density at radius 2 is 1.94 bits per heavy atom. The first kappa shape index (κ1) is 23.2. The molecule has 0 fully saturated rings. The number of nitrogens with zero attached hydrogens (tertiary/aromatic N) is 1. The van der Waals surface area contributed by atoms with Gasteiger partial charge in [-0.1, -0.05) is 0 Å². The highest BCUT2D eigenvalue weighted by Crippen LogP contribution is 2.37. The first-order valence-corrected chi connectivity index (χ1v) is 12.4. The Morgan fingerprint density at radius 1 is 1.23 bits per heavy atom.